The Kier molecular flexibility index (Phi) is 6.39. The van der Waals surface area contributed by atoms with Crippen LogP contribution < -0.4 is 16.4 Å². The van der Waals surface area contributed by atoms with Gasteiger partial charge in [-0.25, -0.2) is 15.0 Å². The van der Waals surface area contributed by atoms with Gasteiger partial charge in [0.15, 0.2) is 5.65 Å². The number of benzene rings is 1. The number of nitrogen functional groups attached to an aromatic ring is 1. The SMILES string of the molecule is Nc1nc(NCCNc2nc(-c3ccc(C(F)(F)F)cc3)cc3ncnn23)ccc1C(=O)C(F)(F)F. The number of carbonyl (C=O) groups is 1. The molecule has 0 spiro atoms. The number of Topliss-reactive ketones (excluding diaryl/α,β-unsaturated/α-hetero) is 1. The first-order chi connectivity index (χ1) is 16.9. The molecule has 188 valence electrons. The molecule has 3 aromatic heterocycles. The molecule has 4 N–H and O–H groups in total. The van der Waals surface area contributed by atoms with Crippen molar-refractivity contribution in [3.05, 3.63) is 59.9 Å². The van der Waals surface area contributed by atoms with Gasteiger partial charge in [0.2, 0.25) is 5.95 Å². The Hall–Kier alpha value is -4.43. The number of halogens is 6. The second-order valence-electron chi connectivity index (χ2n) is 7.38. The number of alkyl halides is 6. The van der Waals surface area contributed by atoms with Gasteiger partial charge >= 0.3 is 12.4 Å². The minimum Gasteiger partial charge on any atom is -0.383 e. The Morgan fingerprint density at radius 1 is 0.944 bits per heavy atom. The molecule has 15 heteroatoms. The van der Waals surface area contributed by atoms with Gasteiger partial charge in [0.25, 0.3) is 5.78 Å². The molecule has 0 saturated heterocycles. The van der Waals surface area contributed by atoms with Crippen LogP contribution in [0.2, 0.25) is 0 Å². The van der Waals surface area contributed by atoms with E-state index in [1.165, 1.54) is 29.0 Å². The number of rotatable bonds is 7. The molecule has 3 heterocycles. The van der Waals surface area contributed by atoms with Crippen LogP contribution >= 0.6 is 0 Å². The summed E-state index contributed by atoms with van der Waals surface area (Å²) in [6, 6.07) is 8.19. The van der Waals surface area contributed by atoms with E-state index in [2.05, 4.69) is 30.7 Å². The lowest BCUT2D eigenvalue weighted by Crippen LogP contribution is -2.24. The van der Waals surface area contributed by atoms with E-state index < -0.39 is 35.1 Å². The quantitative estimate of drug-likeness (QED) is 0.193. The normalized spacial score (nSPS) is 12.1. The molecule has 4 rings (SSSR count). The van der Waals surface area contributed by atoms with Gasteiger partial charge in [-0.3, -0.25) is 4.79 Å². The number of fused-ring (bicyclic) bond motifs is 1. The van der Waals surface area contributed by atoms with E-state index in [1.54, 1.807) is 6.07 Å². The fourth-order valence-electron chi connectivity index (χ4n) is 3.20. The summed E-state index contributed by atoms with van der Waals surface area (Å²) < 4.78 is 77.7. The van der Waals surface area contributed by atoms with Gasteiger partial charge in [-0.05, 0) is 24.3 Å². The third kappa shape index (κ3) is 5.29. The predicted octanol–water partition coefficient (Wildman–Crippen LogP) is 4.06. The number of anilines is 3. The molecule has 0 fully saturated rings. The highest BCUT2D eigenvalue weighted by Crippen LogP contribution is 2.31. The van der Waals surface area contributed by atoms with Crippen LogP contribution in [0.4, 0.5) is 43.9 Å². The van der Waals surface area contributed by atoms with Gasteiger partial charge in [0.1, 0.15) is 18.0 Å². The molecular weight excluding hydrogens is 494 g/mol. The number of aromatic nitrogens is 5. The van der Waals surface area contributed by atoms with Gasteiger partial charge in [-0.15, -0.1) is 0 Å². The molecule has 0 radical (unpaired) electrons. The Morgan fingerprint density at radius 2 is 1.64 bits per heavy atom. The Balaban J connectivity index is 1.45. The molecular formula is C21H16F6N8O. The molecule has 0 aliphatic carbocycles. The smallest absolute Gasteiger partial charge is 0.383 e. The van der Waals surface area contributed by atoms with E-state index >= 15 is 0 Å². The maximum absolute atomic E-state index is 12.8. The first-order valence-electron chi connectivity index (χ1n) is 10.2. The lowest BCUT2D eigenvalue weighted by atomic mass is 10.1. The van der Waals surface area contributed by atoms with Crippen LogP contribution in [0.3, 0.4) is 0 Å². The lowest BCUT2D eigenvalue weighted by Gasteiger charge is -2.12. The third-order valence-electron chi connectivity index (χ3n) is 4.92. The largest absolute Gasteiger partial charge is 0.455 e. The molecule has 0 atom stereocenters. The van der Waals surface area contributed by atoms with Crippen LogP contribution in [-0.4, -0.2) is 49.6 Å². The predicted molar refractivity (Wildman–Crippen MR) is 117 cm³/mol. The van der Waals surface area contributed by atoms with Gasteiger partial charge in [0.05, 0.1) is 16.8 Å². The van der Waals surface area contributed by atoms with Crippen molar-refractivity contribution in [3.8, 4) is 11.3 Å². The van der Waals surface area contributed by atoms with E-state index in [0.29, 0.717) is 16.9 Å². The zero-order valence-corrected chi connectivity index (χ0v) is 18.0. The average Bonchev–Trinajstić information content (AvgIpc) is 3.29. The van der Waals surface area contributed by atoms with Crippen molar-refractivity contribution >= 4 is 29.0 Å². The molecule has 0 amide bonds. The summed E-state index contributed by atoms with van der Waals surface area (Å²) in [6.45, 7) is 0.435. The van der Waals surface area contributed by atoms with Gasteiger partial charge in [-0.2, -0.15) is 36.0 Å². The summed E-state index contributed by atoms with van der Waals surface area (Å²) in [5.41, 5.74) is 5.15. The van der Waals surface area contributed by atoms with Crippen LogP contribution in [0, 0.1) is 0 Å². The Bertz CT molecular complexity index is 1400. The van der Waals surface area contributed by atoms with E-state index in [0.717, 1.165) is 18.2 Å². The second-order valence-corrected chi connectivity index (χ2v) is 7.38. The molecule has 36 heavy (non-hydrogen) atoms. The number of carbonyl (C=O) groups excluding carboxylic acids is 1. The van der Waals surface area contributed by atoms with Crippen LogP contribution in [0.5, 0.6) is 0 Å². The van der Waals surface area contributed by atoms with Crippen molar-refractivity contribution in [1.82, 2.24) is 24.6 Å². The minimum absolute atomic E-state index is 0.144. The van der Waals surface area contributed by atoms with Crippen molar-refractivity contribution in [2.45, 2.75) is 12.4 Å². The summed E-state index contributed by atoms with van der Waals surface area (Å²) in [5, 5.41) is 9.90. The van der Waals surface area contributed by atoms with E-state index in [9.17, 15) is 31.1 Å². The number of pyridine rings is 1. The summed E-state index contributed by atoms with van der Waals surface area (Å²) >= 11 is 0. The van der Waals surface area contributed by atoms with Crippen LogP contribution in [0.25, 0.3) is 16.9 Å². The van der Waals surface area contributed by atoms with Crippen molar-refractivity contribution in [1.29, 1.82) is 0 Å². The number of nitrogens with zero attached hydrogens (tertiary/aromatic N) is 5. The topological polar surface area (TPSA) is 123 Å². The highest BCUT2D eigenvalue weighted by atomic mass is 19.4. The first-order valence-corrected chi connectivity index (χ1v) is 10.2. The van der Waals surface area contributed by atoms with Crippen molar-refractivity contribution < 1.29 is 31.1 Å². The highest BCUT2D eigenvalue weighted by Gasteiger charge is 2.40. The molecule has 0 saturated carbocycles. The maximum Gasteiger partial charge on any atom is 0.455 e. The molecule has 0 aliphatic heterocycles. The fraction of sp³-hybridized carbons (Fsp3) is 0.190. The first kappa shape index (κ1) is 24.7. The molecule has 9 nitrogen and oxygen atoms in total. The summed E-state index contributed by atoms with van der Waals surface area (Å²) in [4.78, 5) is 23.6. The summed E-state index contributed by atoms with van der Waals surface area (Å²) in [6.07, 6.45) is -8.24. The van der Waals surface area contributed by atoms with Crippen molar-refractivity contribution in [2.24, 2.45) is 0 Å². The zero-order chi connectivity index (χ0) is 26.1. The highest BCUT2D eigenvalue weighted by molar-refractivity contribution is 6.03. The van der Waals surface area contributed by atoms with Gasteiger partial charge < -0.3 is 16.4 Å². The lowest BCUT2D eigenvalue weighted by molar-refractivity contribution is -0.137. The molecule has 4 aromatic rings. The van der Waals surface area contributed by atoms with Crippen LogP contribution in [0.15, 0.2) is 48.8 Å². The van der Waals surface area contributed by atoms with Crippen LogP contribution in [-0.2, 0) is 6.18 Å². The van der Waals surface area contributed by atoms with Gasteiger partial charge in [-0.1, -0.05) is 12.1 Å². The number of ketones is 1. The number of hydrogen-bond acceptors (Lipinski definition) is 8. The van der Waals surface area contributed by atoms with Crippen molar-refractivity contribution in [2.75, 3.05) is 29.5 Å². The van der Waals surface area contributed by atoms with Crippen molar-refractivity contribution in [3.63, 3.8) is 0 Å². The Labute approximate surface area is 198 Å². The minimum atomic E-state index is -5.07. The number of nitrogens with two attached hydrogens (primary N) is 1. The second kappa shape index (κ2) is 9.31. The fourth-order valence-corrected chi connectivity index (χ4v) is 3.20. The zero-order valence-electron chi connectivity index (χ0n) is 18.0. The van der Waals surface area contributed by atoms with E-state index in [4.69, 9.17) is 5.73 Å². The summed E-state index contributed by atoms with van der Waals surface area (Å²) in [7, 11) is 0. The molecule has 0 unspecified atom stereocenters. The van der Waals surface area contributed by atoms with E-state index in [1.807, 2.05) is 0 Å². The molecule has 0 aliphatic rings. The maximum atomic E-state index is 12.8. The van der Waals surface area contributed by atoms with Gasteiger partial charge in [0, 0.05) is 24.7 Å². The third-order valence-corrected chi connectivity index (χ3v) is 4.92. The Morgan fingerprint density at radius 3 is 2.28 bits per heavy atom. The standard InChI is InChI=1S/C21H16F6N8O/c22-20(23,24)12-3-1-11(2-4-12)14-9-16-31-10-32-35(16)19(33-14)30-8-7-29-15-6-5-13(18(28)34-15)17(36)21(25,26)27/h1-6,9-10H,7-8H2,(H,30,33)(H3,28,29,34). The van der Waals surface area contributed by atoms with E-state index in [-0.39, 0.29) is 24.9 Å². The average molecular weight is 510 g/mol. The number of nitrogens with one attached hydrogen (secondary N) is 2. The number of hydrogen-bond donors (Lipinski definition) is 3. The summed E-state index contributed by atoms with van der Waals surface area (Å²) in [5.74, 6) is -2.26. The molecule has 0 bridgehead atoms. The monoisotopic (exact) mass is 510 g/mol. The molecule has 1 aromatic carbocycles. The van der Waals surface area contributed by atoms with Crippen LogP contribution in [0.1, 0.15) is 15.9 Å².